The summed E-state index contributed by atoms with van der Waals surface area (Å²) in [6.45, 7) is 1.53. The van der Waals surface area contributed by atoms with Gasteiger partial charge < -0.3 is 9.72 Å². The molecular weight excluding hydrogens is 318 g/mol. The number of aromatic nitrogens is 2. The zero-order valence-corrected chi connectivity index (χ0v) is 13.3. The number of ketones is 1. The van der Waals surface area contributed by atoms with Crippen LogP contribution in [0.2, 0.25) is 0 Å². The van der Waals surface area contributed by atoms with Gasteiger partial charge in [-0.3, -0.25) is 9.69 Å². The van der Waals surface area contributed by atoms with E-state index in [-0.39, 0.29) is 36.9 Å². The summed E-state index contributed by atoms with van der Waals surface area (Å²) in [7, 11) is 1.61. The van der Waals surface area contributed by atoms with Gasteiger partial charge in [-0.25, -0.2) is 13.8 Å². The first-order valence-corrected chi connectivity index (χ1v) is 7.43. The number of Topliss-reactive ketones (excluding diaryl/α,β-unsaturated/α-hetero) is 1. The topological polar surface area (TPSA) is 82.0 Å². The molecule has 2 aromatic heterocycles. The van der Waals surface area contributed by atoms with Crippen LogP contribution in [-0.2, 0) is 0 Å². The molecule has 8 heteroatoms. The molecule has 0 bridgehead atoms. The molecule has 0 spiro atoms. The van der Waals surface area contributed by atoms with Crippen LogP contribution in [0.25, 0.3) is 11.0 Å². The number of hydrogen-bond acceptors (Lipinski definition) is 5. The molecule has 1 atom stereocenters. The minimum absolute atomic E-state index is 0.0956. The Morgan fingerprint density at radius 3 is 2.96 bits per heavy atom. The molecule has 3 heterocycles. The van der Waals surface area contributed by atoms with Crippen molar-refractivity contribution in [2.45, 2.75) is 25.4 Å². The van der Waals surface area contributed by atoms with Crippen molar-refractivity contribution >= 4 is 16.8 Å². The van der Waals surface area contributed by atoms with E-state index in [1.807, 2.05) is 0 Å². The van der Waals surface area contributed by atoms with E-state index in [0.717, 1.165) is 5.56 Å². The van der Waals surface area contributed by atoms with E-state index in [9.17, 15) is 13.6 Å². The number of likely N-dealkylation sites (tertiary alicyclic amines) is 1. The molecule has 2 aromatic rings. The Bertz CT molecular complexity index is 840. The second-order valence-electron chi connectivity index (χ2n) is 6.04. The molecule has 0 saturated carbocycles. The summed E-state index contributed by atoms with van der Waals surface area (Å²) in [4.78, 5) is 20.4. The second-order valence-corrected chi connectivity index (χ2v) is 6.04. The summed E-state index contributed by atoms with van der Waals surface area (Å²) in [6, 6.07) is 4.86. The zero-order chi connectivity index (χ0) is 17.5. The lowest BCUT2D eigenvalue weighted by Crippen LogP contribution is -2.36. The Morgan fingerprint density at radius 1 is 1.58 bits per heavy atom. The lowest BCUT2D eigenvalue weighted by molar-refractivity contribution is -0.0628. The first-order valence-electron chi connectivity index (χ1n) is 7.43. The summed E-state index contributed by atoms with van der Waals surface area (Å²) in [5.74, 6) is -3.19. The average molecular weight is 334 g/mol. The smallest absolute Gasteiger partial charge is 0.297 e. The Kier molecular flexibility index (Phi) is 3.97. The Hall–Kier alpha value is -2.53. The first kappa shape index (κ1) is 16.3. The molecule has 1 N–H and O–H groups in total. The number of ether oxygens (including phenoxy) is 1. The maximum Gasteiger partial charge on any atom is 0.297 e. The fourth-order valence-electron chi connectivity index (χ4n) is 2.83. The summed E-state index contributed by atoms with van der Waals surface area (Å²) < 4.78 is 33.2. The number of likely N-dealkylation sites (N-methyl/N-ethyl adjacent to an activating group) is 1. The molecule has 1 saturated heterocycles. The van der Waals surface area contributed by atoms with E-state index in [4.69, 9.17) is 10.00 Å². The van der Waals surface area contributed by atoms with Crippen molar-refractivity contribution in [3.05, 3.63) is 23.4 Å². The molecule has 0 amide bonds. The number of carbonyl (C=O) groups is 1. The average Bonchev–Trinajstić information content (AvgIpc) is 3.00. The van der Waals surface area contributed by atoms with Crippen LogP contribution >= 0.6 is 0 Å². The van der Waals surface area contributed by atoms with Gasteiger partial charge in [-0.2, -0.15) is 5.26 Å². The number of pyridine rings is 1. The van der Waals surface area contributed by atoms with Crippen molar-refractivity contribution in [2.24, 2.45) is 0 Å². The van der Waals surface area contributed by atoms with E-state index in [0.29, 0.717) is 11.0 Å². The van der Waals surface area contributed by atoms with Crippen LogP contribution < -0.4 is 4.74 Å². The highest BCUT2D eigenvalue weighted by molar-refractivity contribution is 6.00. The van der Waals surface area contributed by atoms with Gasteiger partial charge >= 0.3 is 0 Å². The van der Waals surface area contributed by atoms with E-state index in [1.165, 1.54) is 11.0 Å². The number of H-pyrrole nitrogens is 1. The molecule has 0 aromatic carbocycles. The number of rotatable bonds is 4. The molecule has 1 fully saturated rings. The van der Waals surface area contributed by atoms with Gasteiger partial charge in [0.1, 0.15) is 6.42 Å². The van der Waals surface area contributed by atoms with E-state index >= 15 is 0 Å². The van der Waals surface area contributed by atoms with Gasteiger partial charge in [0.05, 0.1) is 29.3 Å². The van der Waals surface area contributed by atoms with Crippen molar-refractivity contribution in [2.75, 3.05) is 20.1 Å². The summed E-state index contributed by atoms with van der Waals surface area (Å²) in [5, 5.41) is 8.61. The molecule has 1 aliphatic rings. The summed E-state index contributed by atoms with van der Waals surface area (Å²) in [6.07, 6.45) is -1.50. The molecular formula is C16H16F2N4O2. The number of hydrogen-bond donors (Lipinski definition) is 1. The zero-order valence-electron chi connectivity index (χ0n) is 13.3. The normalized spacial score (nSPS) is 20.2. The van der Waals surface area contributed by atoms with Gasteiger partial charge in [0.25, 0.3) is 5.92 Å². The van der Waals surface area contributed by atoms with E-state index in [2.05, 4.69) is 9.97 Å². The number of alkyl halides is 2. The quantitative estimate of drug-likeness (QED) is 0.868. The van der Waals surface area contributed by atoms with Crippen molar-refractivity contribution in [1.82, 2.24) is 14.9 Å². The third-order valence-electron chi connectivity index (χ3n) is 3.99. The number of carbonyl (C=O) groups excluding carboxylic acids is 1. The standard InChI is InChI=1S/C16H16F2N4O2/c1-9-5-14(24-13-7-22(2)8-16(13,17)18)20-11-6-10(21-15(9)11)12(23)3-4-19/h5-6,13,21H,3,7-8H2,1-2H3/t13-/m0/s1. The second kappa shape index (κ2) is 5.83. The van der Waals surface area contributed by atoms with Crippen LogP contribution in [0.1, 0.15) is 22.5 Å². The maximum atomic E-state index is 13.9. The van der Waals surface area contributed by atoms with Crippen LogP contribution in [0.15, 0.2) is 12.1 Å². The number of halogens is 2. The minimum atomic E-state index is -2.94. The predicted molar refractivity (Wildman–Crippen MR) is 82.3 cm³/mol. The number of fused-ring (bicyclic) bond motifs is 1. The molecule has 0 unspecified atom stereocenters. The highest BCUT2D eigenvalue weighted by Crippen LogP contribution is 2.31. The fraction of sp³-hybridized carbons (Fsp3) is 0.438. The Labute approximate surface area is 137 Å². The van der Waals surface area contributed by atoms with Crippen LogP contribution in [-0.4, -0.2) is 52.8 Å². The van der Waals surface area contributed by atoms with E-state index in [1.54, 1.807) is 26.1 Å². The minimum Gasteiger partial charge on any atom is -0.466 e. The van der Waals surface area contributed by atoms with Gasteiger partial charge in [-0.1, -0.05) is 0 Å². The van der Waals surface area contributed by atoms with Gasteiger partial charge in [0.2, 0.25) is 5.88 Å². The number of aryl methyl sites for hydroxylation is 1. The third-order valence-corrected chi connectivity index (χ3v) is 3.99. The number of aromatic amines is 1. The number of nitrogens with zero attached hydrogens (tertiary/aromatic N) is 3. The fourth-order valence-corrected chi connectivity index (χ4v) is 2.83. The molecule has 24 heavy (non-hydrogen) atoms. The Balaban J connectivity index is 1.91. The maximum absolute atomic E-state index is 13.9. The molecule has 1 aliphatic heterocycles. The van der Waals surface area contributed by atoms with Crippen LogP contribution in [0.4, 0.5) is 8.78 Å². The molecule has 6 nitrogen and oxygen atoms in total. The van der Waals surface area contributed by atoms with Crippen molar-refractivity contribution in [1.29, 1.82) is 5.26 Å². The van der Waals surface area contributed by atoms with Crippen molar-refractivity contribution in [3.8, 4) is 11.9 Å². The van der Waals surface area contributed by atoms with Gasteiger partial charge in [0, 0.05) is 12.6 Å². The van der Waals surface area contributed by atoms with E-state index < -0.39 is 12.0 Å². The highest BCUT2D eigenvalue weighted by Gasteiger charge is 2.49. The van der Waals surface area contributed by atoms with Crippen molar-refractivity contribution in [3.63, 3.8) is 0 Å². The predicted octanol–water partition coefficient (Wildman–Crippen LogP) is 2.30. The molecule has 3 rings (SSSR count). The summed E-state index contributed by atoms with van der Waals surface area (Å²) in [5.41, 5.74) is 2.06. The highest BCUT2D eigenvalue weighted by atomic mass is 19.3. The monoisotopic (exact) mass is 334 g/mol. The number of nitrogens with one attached hydrogen (secondary N) is 1. The van der Waals surface area contributed by atoms with Crippen LogP contribution in [0.3, 0.4) is 0 Å². The van der Waals surface area contributed by atoms with Gasteiger partial charge in [0.15, 0.2) is 11.9 Å². The van der Waals surface area contributed by atoms with Crippen LogP contribution in [0, 0.1) is 18.3 Å². The number of nitriles is 1. The largest absolute Gasteiger partial charge is 0.466 e. The van der Waals surface area contributed by atoms with Gasteiger partial charge in [-0.15, -0.1) is 0 Å². The molecule has 126 valence electrons. The third kappa shape index (κ3) is 2.95. The summed E-state index contributed by atoms with van der Waals surface area (Å²) >= 11 is 0. The SMILES string of the molecule is Cc1cc(O[C@H]2CN(C)CC2(F)F)nc2cc(C(=O)CC#N)[nH]c12. The lowest BCUT2D eigenvalue weighted by Gasteiger charge is -2.19. The van der Waals surface area contributed by atoms with Crippen LogP contribution in [0.5, 0.6) is 5.88 Å². The molecule has 0 aliphatic carbocycles. The first-order chi connectivity index (χ1) is 11.3. The van der Waals surface area contributed by atoms with Gasteiger partial charge in [-0.05, 0) is 25.6 Å². The van der Waals surface area contributed by atoms with Crippen molar-refractivity contribution < 1.29 is 18.3 Å². The Morgan fingerprint density at radius 2 is 2.33 bits per heavy atom. The lowest BCUT2D eigenvalue weighted by atomic mass is 10.2. The molecule has 0 radical (unpaired) electrons.